The van der Waals surface area contributed by atoms with E-state index in [-0.39, 0.29) is 31.0 Å². The van der Waals surface area contributed by atoms with E-state index in [4.69, 9.17) is 24.2 Å². The van der Waals surface area contributed by atoms with E-state index in [1.165, 1.54) is 12.1 Å². The summed E-state index contributed by atoms with van der Waals surface area (Å²) in [4.78, 5) is 32.4. The van der Waals surface area contributed by atoms with Crippen molar-refractivity contribution in [3.8, 4) is 22.6 Å². The molecule has 1 amide bonds. The Morgan fingerprint density at radius 1 is 1.12 bits per heavy atom. The number of carbonyl (C=O) groups excluding carboxylic acids is 1. The fraction of sp³-hybridized carbons (Fsp3) is 0.517. The van der Waals surface area contributed by atoms with Crippen molar-refractivity contribution in [1.29, 1.82) is 0 Å². The van der Waals surface area contributed by atoms with E-state index < -0.39 is 11.7 Å². The third-order valence-corrected chi connectivity index (χ3v) is 7.58. The molecule has 6 rings (SSSR count). The van der Waals surface area contributed by atoms with Crippen LogP contribution in [-0.2, 0) is 19.0 Å². The molecule has 12 heteroatoms. The zero-order chi connectivity index (χ0) is 28.2. The van der Waals surface area contributed by atoms with Gasteiger partial charge in [0.15, 0.2) is 5.82 Å². The van der Waals surface area contributed by atoms with E-state index in [1.54, 1.807) is 24.4 Å². The third kappa shape index (κ3) is 6.72. The van der Waals surface area contributed by atoms with Crippen LogP contribution >= 0.6 is 0 Å². The minimum Gasteiger partial charge on any atom is -0.379 e. The summed E-state index contributed by atoms with van der Waals surface area (Å²) in [6.07, 6.45) is 3.89. The molecule has 2 aliphatic heterocycles. The molecule has 1 aliphatic carbocycles. The first-order valence-corrected chi connectivity index (χ1v) is 14.2. The quantitative estimate of drug-likeness (QED) is 0.318. The number of carbonyl (C=O) groups is 1. The van der Waals surface area contributed by atoms with Gasteiger partial charge in [0.25, 0.3) is 0 Å². The lowest BCUT2D eigenvalue weighted by Gasteiger charge is -2.35. The number of H-pyrrole nitrogens is 1. The number of nitrogens with zero attached hydrogens (tertiary/aromatic N) is 4. The van der Waals surface area contributed by atoms with Gasteiger partial charge in [0, 0.05) is 37.4 Å². The number of aromatic amines is 1. The van der Waals surface area contributed by atoms with Gasteiger partial charge in [-0.15, -0.1) is 0 Å². The molecule has 4 heterocycles. The summed E-state index contributed by atoms with van der Waals surface area (Å²) in [7, 11) is 0. The van der Waals surface area contributed by atoms with Gasteiger partial charge in [-0.1, -0.05) is 0 Å². The van der Waals surface area contributed by atoms with Crippen LogP contribution in [0.25, 0.3) is 22.6 Å². The van der Waals surface area contributed by atoms with Gasteiger partial charge in [-0.25, -0.2) is 19.3 Å². The fourth-order valence-electron chi connectivity index (χ4n) is 4.90. The average Bonchev–Trinajstić information content (AvgIpc) is 3.71. The lowest BCUT2D eigenvalue weighted by atomic mass is 9.91. The maximum Gasteiger partial charge on any atom is 0.230 e. The van der Waals surface area contributed by atoms with Gasteiger partial charge in [-0.05, 0) is 63.1 Å². The molecule has 0 radical (unpaired) electrons. The number of aromatic nitrogens is 4. The van der Waals surface area contributed by atoms with Crippen molar-refractivity contribution in [3.63, 3.8) is 0 Å². The SMILES string of the molecule is CC1(C(=O)NC2CC2)COC(c2nc(-c3ccc(F)cc3)c(-c3ccnc(NCCCN4CCOCC4)n3)[nH]2)OC1. The maximum absolute atomic E-state index is 13.7. The minimum atomic E-state index is -0.788. The number of hydrogen-bond donors (Lipinski definition) is 3. The van der Waals surface area contributed by atoms with Crippen LogP contribution in [0, 0.1) is 11.2 Å². The Hall–Kier alpha value is -3.45. The molecule has 2 saturated heterocycles. The smallest absolute Gasteiger partial charge is 0.230 e. The highest BCUT2D eigenvalue weighted by Gasteiger charge is 2.42. The standard InChI is InChI=1S/C29H36FN7O4/c1-29(27(38)33-21-7-8-21)17-40-26(41-18-29)25-35-23(19-3-5-20(30)6-4-19)24(36-25)22-9-11-32-28(34-22)31-10-2-12-37-13-15-39-16-14-37/h3-6,9,11,21,26H,2,7-8,10,12-18H2,1H3,(H,33,38)(H,35,36)(H,31,32,34). The number of benzene rings is 1. The molecule has 0 spiro atoms. The van der Waals surface area contributed by atoms with Gasteiger partial charge in [-0.2, -0.15) is 0 Å². The molecule has 41 heavy (non-hydrogen) atoms. The summed E-state index contributed by atoms with van der Waals surface area (Å²) >= 11 is 0. The van der Waals surface area contributed by atoms with Crippen molar-refractivity contribution in [1.82, 2.24) is 30.2 Å². The van der Waals surface area contributed by atoms with E-state index in [2.05, 4.69) is 25.5 Å². The summed E-state index contributed by atoms with van der Waals surface area (Å²) in [5.74, 6) is 0.562. The normalized spacial score (nSPS) is 23.3. The van der Waals surface area contributed by atoms with E-state index in [9.17, 15) is 9.18 Å². The average molecular weight is 566 g/mol. The second kappa shape index (κ2) is 12.2. The van der Waals surface area contributed by atoms with Gasteiger partial charge in [0.2, 0.25) is 18.1 Å². The zero-order valence-corrected chi connectivity index (χ0v) is 23.2. The summed E-state index contributed by atoms with van der Waals surface area (Å²) in [6, 6.07) is 8.20. The van der Waals surface area contributed by atoms with E-state index in [1.807, 2.05) is 6.92 Å². The first-order valence-electron chi connectivity index (χ1n) is 14.2. The molecule has 3 aromatic rings. The van der Waals surface area contributed by atoms with E-state index in [0.29, 0.717) is 34.4 Å². The molecule has 1 saturated carbocycles. The maximum atomic E-state index is 13.7. The van der Waals surface area contributed by atoms with Crippen LogP contribution in [0.1, 0.15) is 38.3 Å². The molecule has 218 valence electrons. The van der Waals surface area contributed by atoms with Gasteiger partial charge in [0.05, 0.1) is 48.9 Å². The van der Waals surface area contributed by atoms with Gasteiger partial charge >= 0.3 is 0 Å². The van der Waals surface area contributed by atoms with Crippen LogP contribution in [-0.4, -0.2) is 89.4 Å². The molecule has 3 fully saturated rings. The first-order chi connectivity index (χ1) is 20.0. The summed E-state index contributed by atoms with van der Waals surface area (Å²) in [6.45, 7) is 7.45. The predicted octanol–water partition coefficient (Wildman–Crippen LogP) is 3.14. The fourth-order valence-corrected chi connectivity index (χ4v) is 4.90. The van der Waals surface area contributed by atoms with Crippen molar-refractivity contribution < 1.29 is 23.4 Å². The summed E-state index contributed by atoms with van der Waals surface area (Å²) < 4.78 is 31.2. The Bertz CT molecular complexity index is 1330. The van der Waals surface area contributed by atoms with E-state index >= 15 is 0 Å². The number of ether oxygens (including phenoxy) is 3. The number of halogens is 1. The molecule has 0 bridgehead atoms. The molecule has 0 atom stereocenters. The first kappa shape index (κ1) is 27.7. The second-order valence-corrected chi connectivity index (χ2v) is 11.1. The Kier molecular flexibility index (Phi) is 8.24. The lowest BCUT2D eigenvalue weighted by molar-refractivity contribution is -0.231. The Morgan fingerprint density at radius 3 is 2.61 bits per heavy atom. The van der Waals surface area contributed by atoms with Crippen molar-refractivity contribution in [2.45, 2.75) is 38.5 Å². The number of rotatable bonds is 10. The number of amides is 1. The number of nitrogens with one attached hydrogen (secondary N) is 3. The van der Waals surface area contributed by atoms with Gasteiger partial charge in [0.1, 0.15) is 5.82 Å². The lowest BCUT2D eigenvalue weighted by Crippen LogP contribution is -2.49. The molecule has 3 N–H and O–H groups in total. The van der Waals surface area contributed by atoms with Crippen molar-refractivity contribution in [3.05, 3.63) is 48.2 Å². The van der Waals surface area contributed by atoms with Crippen LogP contribution in [0.2, 0.25) is 0 Å². The van der Waals surface area contributed by atoms with Gasteiger partial charge < -0.3 is 29.8 Å². The topological polar surface area (TPSA) is 127 Å². The molecular weight excluding hydrogens is 529 g/mol. The Labute approximate surface area is 238 Å². The number of morpholine rings is 1. The van der Waals surface area contributed by atoms with Crippen molar-refractivity contribution in [2.75, 3.05) is 57.9 Å². The molecule has 11 nitrogen and oxygen atoms in total. The van der Waals surface area contributed by atoms with Crippen molar-refractivity contribution >= 4 is 11.9 Å². The minimum absolute atomic E-state index is 0.0588. The molecular formula is C29H36FN7O4. The Balaban J connectivity index is 1.18. The zero-order valence-electron chi connectivity index (χ0n) is 23.2. The third-order valence-electron chi connectivity index (χ3n) is 7.58. The Morgan fingerprint density at radius 2 is 1.88 bits per heavy atom. The highest BCUT2D eigenvalue weighted by atomic mass is 19.1. The van der Waals surface area contributed by atoms with Crippen LogP contribution < -0.4 is 10.6 Å². The molecule has 3 aliphatic rings. The monoisotopic (exact) mass is 565 g/mol. The summed E-state index contributed by atoms with van der Waals surface area (Å²) in [5, 5.41) is 6.36. The highest BCUT2D eigenvalue weighted by molar-refractivity contribution is 5.83. The number of imidazole rings is 1. The number of anilines is 1. The van der Waals surface area contributed by atoms with E-state index in [0.717, 1.165) is 58.7 Å². The van der Waals surface area contributed by atoms with Crippen LogP contribution in [0.3, 0.4) is 0 Å². The molecule has 1 aromatic carbocycles. The predicted molar refractivity (Wildman–Crippen MR) is 149 cm³/mol. The second-order valence-electron chi connectivity index (χ2n) is 11.1. The molecule has 2 aromatic heterocycles. The largest absolute Gasteiger partial charge is 0.379 e. The van der Waals surface area contributed by atoms with Crippen LogP contribution in [0.4, 0.5) is 10.3 Å². The van der Waals surface area contributed by atoms with Gasteiger partial charge in [-0.3, -0.25) is 9.69 Å². The van der Waals surface area contributed by atoms with Crippen LogP contribution in [0.5, 0.6) is 0 Å². The van der Waals surface area contributed by atoms with Crippen molar-refractivity contribution in [2.24, 2.45) is 5.41 Å². The number of hydrogen-bond acceptors (Lipinski definition) is 9. The summed E-state index contributed by atoms with van der Waals surface area (Å²) in [5.41, 5.74) is 1.79. The highest BCUT2D eigenvalue weighted by Crippen LogP contribution is 2.36. The molecule has 0 unspecified atom stereocenters. The van der Waals surface area contributed by atoms with Crippen LogP contribution in [0.15, 0.2) is 36.5 Å².